The molecule has 134 valence electrons. The molecule has 2 fully saturated rings. The van der Waals surface area contributed by atoms with Crippen LogP contribution in [0.5, 0.6) is 0 Å². The van der Waals surface area contributed by atoms with Crippen molar-refractivity contribution in [3.63, 3.8) is 0 Å². The number of alkyl halides is 3. The van der Waals surface area contributed by atoms with Crippen LogP contribution in [0.2, 0.25) is 0 Å². The maximum absolute atomic E-state index is 12.2. The summed E-state index contributed by atoms with van der Waals surface area (Å²) in [6.07, 6.45) is -2.48. The van der Waals surface area contributed by atoms with Crippen LogP contribution in [0.25, 0.3) is 0 Å². The first-order valence-electron chi connectivity index (χ1n) is 7.56. The van der Waals surface area contributed by atoms with Gasteiger partial charge in [-0.25, -0.2) is 12.7 Å². The summed E-state index contributed by atoms with van der Waals surface area (Å²) in [7, 11) is -3.23. The van der Waals surface area contributed by atoms with Gasteiger partial charge in [0.2, 0.25) is 15.9 Å². The molecule has 2 aliphatic heterocycles. The molecule has 2 rings (SSSR count). The smallest absolute Gasteiger partial charge is 0.328 e. The number of piperidine rings is 1. The maximum Gasteiger partial charge on any atom is 0.390 e. The molecule has 0 aromatic rings. The number of hydrogen-bond acceptors (Lipinski definition) is 4. The minimum atomic E-state index is -4.27. The molecule has 2 saturated heterocycles. The van der Waals surface area contributed by atoms with Crippen molar-refractivity contribution in [3.05, 3.63) is 0 Å². The van der Waals surface area contributed by atoms with Crippen molar-refractivity contribution >= 4 is 15.9 Å². The van der Waals surface area contributed by atoms with Crippen molar-refractivity contribution in [2.24, 2.45) is 5.92 Å². The van der Waals surface area contributed by atoms with Gasteiger partial charge in [0.1, 0.15) is 0 Å². The number of carbonyl (C=O) groups excluding carboxylic acids is 1. The van der Waals surface area contributed by atoms with Gasteiger partial charge < -0.3 is 4.90 Å². The molecular weight excluding hydrogens is 335 g/mol. The van der Waals surface area contributed by atoms with Gasteiger partial charge >= 0.3 is 6.18 Å². The summed E-state index contributed by atoms with van der Waals surface area (Å²) in [5, 5.41) is 0. The van der Waals surface area contributed by atoms with E-state index in [0.717, 1.165) is 12.8 Å². The summed E-state index contributed by atoms with van der Waals surface area (Å²) in [6.45, 7) is 1.41. The third-order valence-electron chi connectivity index (χ3n) is 4.21. The van der Waals surface area contributed by atoms with Crippen LogP contribution in [-0.4, -0.2) is 80.3 Å². The van der Waals surface area contributed by atoms with Crippen molar-refractivity contribution in [2.45, 2.75) is 25.4 Å². The zero-order valence-corrected chi connectivity index (χ0v) is 13.9. The summed E-state index contributed by atoms with van der Waals surface area (Å²) in [6, 6.07) is 0. The van der Waals surface area contributed by atoms with E-state index >= 15 is 0 Å². The van der Waals surface area contributed by atoms with E-state index in [1.54, 1.807) is 4.90 Å². The predicted molar refractivity (Wildman–Crippen MR) is 78.0 cm³/mol. The molecule has 1 atom stereocenters. The van der Waals surface area contributed by atoms with Crippen LogP contribution in [0, 0.1) is 5.92 Å². The van der Waals surface area contributed by atoms with Crippen LogP contribution in [0.15, 0.2) is 0 Å². The highest BCUT2D eigenvalue weighted by atomic mass is 32.2. The van der Waals surface area contributed by atoms with Crippen molar-refractivity contribution in [1.29, 1.82) is 0 Å². The Morgan fingerprint density at radius 1 is 1.30 bits per heavy atom. The first-order chi connectivity index (χ1) is 10.5. The fraction of sp³-hybridized carbons (Fsp3) is 0.923. The Hall–Kier alpha value is -0.870. The SMILES string of the molecule is CS(=O)(=O)N1CCCC(CN2CC(=O)N(CCC(F)(F)F)C2)C1. The lowest BCUT2D eigenvalue weighted by atomic mass is 9.99. The van der Waals surface area contributed by atoms with Crippen molar-refractivity contribution in [1.82, 2.24) is 14.1 Å². The Labute approximate surface area is 134 Å². The lowest BCUT2D eigenvalue weighted by molar-refractivity contribution is -0.142. The maximum atomic E-state index is 12.2. The van der Waals surface area contributed by atoms with Gasteiger partial charge in [-0.15, -0.1) is 0 Å². The van der Waals surface area contributed by atoms with Crippen LogP contribution < -0.4 is 0 Å². The van der Waals surface area contributed by atoms with Gasteiger partial charge in [0.15, 0.2) is 0 Å². The first kappa shape index (κ1) is 18.5. The second-order valence-electron chi connectivity index (χ2n) is 6.30. The van der Waals surface area contributed by atoms with Crippen LogP contribution in [0.3, 0.4) is 0 Å². The van der Waals surface area contributed by atoms with Crippen LogP contribution in [-0.2, 0) is 14.8 Å². The topological polar surface area (TPSA) is 60.9 Å². The van der Waals surface area contributed by atoms with E-state index in [-0.39, 0.29) is 31.6 Å². The van der Waals surface area contributed by atoms with E-state index < -0.39 is 22.6 Å². The fourth-order valence-corrected chi connectivity index (χ4v) is 4.03. The van der Waals surface area contributed by atoms with E-state index in [0.29, 0.717) is 19.6 Å². The van der Waals surface area contributed by atoms with Gasteiger partial charge in [-0.1, -0.05) is 0 Å². The van der Waals surface area contributed by atoms with Gasteiger partial charge in [0.05, 0.1) is 25.9 Å². The molecular formula is C13H22F3N3O3S. The van der Waals surface area contributed by atoms with Gasteiger partial charge in [0, 0.05) is 26.2 Å². The molecule has 0 aliphatic carbocycles. The molecule has 0 spiro atoms. The number of carbonyl (C=O) groups is 1. The lowest BCUT2D eigenvalue weighted by Crippen LogP contribution is -2.43. The van der Waals surface area contributed by atoms with E-state index in [1.165, 1.54) is 15.5 Å². The molecule has 23 heavy (non-hydrogen) atoms. The number of rotatable bonds is 5. The van der Waals surface area contributed by atoms with Crippen LogP contribution in [0.1, 0.15) is 19.3 Å². The molecule has 0 radical (unpaired) electrons. The number of sulfonamides is 1. The van der Waals surface area contributed by atoms with E-state index in [4.69, 9.17) is 0 Å². The molecule has 1 unspecified atom stereocenters. The van der Waals surface area contributed by atoms with Gasteiger partial charge in [0.25, 0.3) is 0 Å². The third kappa shape index (κ3) is 5.61. The largest absolute Gasteiger partial charge is 0.390 e. The molecule has 2 heterocycles. The summed E-state index contributed by atoms with van der Waals surface area (Å²) < 4.78 is 61.4. The molecule has 0 aromatic carbocycles. The molecule has 0 N–H and O–H groups in total. The monoisotopic (exact) mass is 357 g/mol. The molecule has 0 saturated carbocycles. The van der Waals surface area contributed by atoms with E-state index in [2.05, 4.69) is 0 Å². The minimum absolute atomic E-state index is 0.104. The Morgan fingerprint density at radius 3 is 2.61 bits per heavy atom. The molecule has 10 heteroatoms. The number of amides is 1. The third-order valence-corrected chi connectivity index (χ3v) is 5.48. The molecule has 2 aliphatic rings. The molecule has 0 aromatic heterocycles. The van der Waals surface area contributed by atoms with Crippen molar-refractivity contribution in [2.75, 3.05) is 45.6 Å². The second-order valence-corrected chi connectivity index (χ2v) is 8.29. The first-order valence-corrected chi connectivity index (χ1v) is 9.41. The Morgan fingerprint density at radius 2 is 2.00 bits per heavy atom. The number of halogens is 3. The Kier molecular flexibility index (Phi) is 5.57. The van der Waals surface area contributed by atoms with Gasteiger partial charge in [-0.2, -0.15) is 13.2 Å². The average molecular weight is 357 g/mol. The standard InChI is InChI=1S/C13H22F3N3O3S/c1-23(21,22)19-5-2-3-11(8-19)7-17-9-12(20)18(10-17)6-4-13(14,15)16/h11H,2-10H2,1H3. The second kappa shape index (κ2) is 6.94. The molecule has 6 nitrogen and oxygen atoms in total. The highest BCUT2D eigenvalue weighted by Gasteiger charge is 2.34. The quantitative estimate of drug-likeness (QED) is 0.727. The van der Waals surface area contributed by atoms with Gasteiger partial charge in [-0.05, 0) is 18.8 Å². The fourth-order valence-electron chi connectivity index (χ4n) is 3.08. The lowest BCUT2D eigenvalue weighted by Gasteiger charge is -2.33. The molecule has 0 bridgehead atoms. The Balaban J connectivity index is 1.83. The molecule has 1 amide bonds. The van der Waals surface area contributed by atoms with Crippen LogP contribution in [0.4, 0.5) is 13.2 Å². The van der Waals surface area contributed by atoms with Gasteiger partial charge in [-0.3, -0.25) is 9.69 Å². The Bertz CT molecular complexity index is 538. The zero-order valence-electron chi connectivity index (χ0n) is 13.0. The average Bonchev–Trinajstić information content (AvgIpc) is 2.75. The summed E-state index contributed by atoms with van der Waals surface area (Å²) in [4.78, 5) is 14.8. The predicted octanol–water partition coefficient (Wildman–Crippen LogP) is 0.712. The number of nitrogens with zero attached hydrogens (tertiary/aromatic N) is 3. The minimum Gasteiger partial charge on any atom is -0.328 e. The highest BCUT2D eigenvalue weighted by molar-refractivity contribution is 7.88. The highest BCUT2D eigenvalue weighted by Crippen LogP contribution is 2.23. The number of hydrogen-bond donors (Lipinski definition) is 0. The van der Waals surface area contributed by atoms with E-state index in [9.17, 15) is 26.4 Å². The van der Waals surface area contributed by atoms with Crippen molar-refractivity contribution in [3.8, 4) is 0 Å². The summed E-state index contributed by atoms with van der Waals surface area (Å²) >= 11 is 0. The zero-order chi connectivity index (χ0) is 17.3. The summed E-state index contributed by atoms with van der Waals surface area (Å²) in [5.74, 6) is -0.195. The van der Waals surface area contributed by atoms with Crippen LogP contribution >= 0.6 is 0 Å². The van der Waals surface area contributed by atoms with E-state index in [1.807, 2.05) is 0 Å². The normalized spacial score (nSPS) is 25.3. The van der Waals surface area contributed by atoms with Crippen molar-refractivity contribution < 1.29 is 26.4 Å². The summed E-state index contributed by atoms with van der Waals surface area (Å²) in [5.41, 5.74) is 0.